The van der Waals surface area contributed by atoms with Crippen molar-refractivity contribution >= 4 is 17.5 Å². The van der Waals surface area contributed by atoms with Gasteiger partial charge in [-0.2, -0.15) is 0 Å². The van der Waals surface area contributed by atoms with Crippen LogP contribution in [0.1, 0.15) is 12.5 Å². The van der Waals surface area contributed by atoms with Gasteiger partial charge >= 0.3 is 5.97 Å². The van der Waals surface area contributed by atoms with Crippen LogP contribution >= 0.6 is 0 Å². The molecule has 0 atom stereocenters. The Labute approximate surface area is 105 Å². The van der Waals surface area contributed by atoms with Crippen LogP contribution in [-0.2, 0) is 19.1 Å². The fraction of sp³-hybridized carbons (Fsp3) is 0.143. The molecular weight excluding hydrogens is 232 g/mol. The van der Waals surface area contributed by atoms with Crippen molar-refractivity contribution in [1.29, 1.82) is 0 Å². The Hall–Kier alpha value is -2.36. The number of carbonyl (C=O) groups excluding carboxylic acids is 2. The zero-order chi connectivity index (χ0) is 13.0. The van der Waals surface area contributed by atoms with Gasteiger partial charge in [-0.3, -0.25) is 4.79 Å². The second-order valence-corrected chi connectivity index (χ2v) is 3.60. The number of hydrogen-bond donors (Lipinski definition) is 0. The van der Waals surface area contributed by atoms with Gasteiger partial charge in [-0.05, 0) is 6.92 Å². The number of allylic oxidation sites excluding steroid dienone is 1. The summed E-state index contributed by atoms with van der Waals surface area (Å²) in [6.45, 7) is 1.96. The summed E-state index contributed by atoms with van der Waals surface area (Å²) in [4.78, 5) is 22.9. The summed E-state index contributed by atoms with van der Waals surface area (Å²) in [5, 5.41) is 0. The molecule has 0 radical (unpaired) electrons. The molecule has 4 heteroatoms. The zero-order valence-electron chi connectivity index (χ0n) is 9.88. The van der Waals surface area contributed by atoms with Gasteiger partial charge in [-0.25, -0.2) is 4.79 Å². The summed E-state index contributed by atoms with van der Waals surface area (Å²) in [7, 11) is 0. The van der Waals surface area contributed by atoms with Gasteiger partial charge in [0.2, 0.25) is 5.78 Å². The highest BCUT2D eigenvalue weighted by Gasteiger charge is 2.22. The lowest BCUT2D eigenvalue weighted by Crippen LogP contribution is -2.04. The highest BCUT2D eigenvalue weighted by Crippen LogP contribution is 2.26. The second-order valence-electron chi connectivity index (χ2n) is 3.60. The summed E-state index contributed by atoms with van der Waals surface area (Å²) < 4.78 is 10.1. The van der Waals surface area contributed by atoms with Gasteiger partial charge < -0.3 is 9.47 Å². The van der Waals surface area contributed by atoms with Crippen LogP contribution in [0.4, 0.5) is 0 Å². The normalized spacial score (nSPS) is 16.4. The predicted octanol–water partition coefficient (Wildman–Crippen LogP) is 2.07. The number of esters is 1. The standard InChI is InChI=1S/C14H12O4/c1-2-17-14(16)9-13-11(15)8-12(18-13)10-6-4-3-5-7-10/h3-9H,2H2,1H3/b13-9+. The van der Waals surface area contributed by atoms with E-state index in [1.54, 1.807) is 6.92 Å². The molecule has 1 aromatic carbocycles. The fourth-order valence-electron chi connectivity index (χ4n) is 1.52. The SMILES string of the molecule is CCOC(=O)/C=C1/OC(c2ccccc2)=CC1=O. The van der Waals surface area contributed by atoms with Crippen LogP contribution in [0.25, 0.3) is 5.76 Å². The monoisotopic (exact) mass is 244 g/mol. The minimum Gasteiger partial charge on any atom is -0.463 e. The Kier molecular flexibility index (Phi) is 3.57. The third-order valence-corrected chi connectivity index (χ3v) is 2.32. The third kappa shape index (κ3) is 2.66. The van der Waals surface area contributed by atoms with Gasteiger partial charge in [0, 0.05) is 11.6 Å². The van der Waals surface area contributed by atoms with E-state index in [4.69, 9.17) is 9.47 Å². The highest BCUT2D eigenvalue weighted by atomic mass is 16.5. The molecule has 0 saturated carbocycles. The molecule has 1 aromatic rings. The van der Waals surface area contributed by atoms with Crippen LogP contribution in [-0.4, -0.2) is 18.4 Å². The Bertz CT molecular complexity index is 526. The molecular formula is C14H12O4. The van der Waals surface area contributed by atoms with Gasteiger partial charge in [0.15, 0.2) is 5.76 Å². The van der Waals surface area contributed by atoms with Crippen molar-refractivity contribution in [2.45, 2.75) is 6.92 Å². The minimum absolute atomic E-state index is 0.00713. The molecule has 1 aliphatic rings. The summed E-state index contributed by atoms with van der Waals surface area (Å²) in [6.07, 6.45) is 2.43. The van der Waals surface area contributed by atoms with E-state index in [9.17, 15) is 9.59 Å². The summed E-state index contributed by atoms with van der Waals surface area (Å²) in [6, 6.07) is 9.21. The van der Waals surface area contributed by atoms with E-state index in [1.807, 2.05) is 30.3 Å². The van der Waals surface area contributed by atoms with Crippen molar-refractivity contribution in [1.82, 2.24) is 0 Å². The highest BCUT2D eigenvalue weighted by molar-refractivity contribution is 6.12. The molecule has 92 valence electrons. The van der Waals surface area contributed by atoms with Crippen LogP contribution in [0, 0.1) is 0 Å². The maximum absolute atomic E-state index is 11.6. The first kappa shape index (κ1) is 12.1. The zero-order valence-corrected chi connectivity index (χ0v) is 9.88. The van der Waals surface area contributed by atoms with Crippen molar-refractivity contribution in [2.75, 3.05) is 6.61 Å². The van der Waals surface area contributed by atoms with Gasteiger partial charge in [-0.15, -0.1) is 0 Å². The predicted molar refractivity (Wildman–Crippen MR) is 65.2 cm³/mol. The molecule has 1 heterocycles. The van der Waals surface area contributed by atoms with E-state index in [0.29, 0.717) is 5.76 Å². The molecule has 0 amide bonds. The van der Waals surface area contributed by atoms with E-state index in [2.05, 4.69) is 0 Å². The van der Waals surface area contributed by atoms with Crippen LogP contribution < -0.4 is 0 Å². The first-order valence-electron chi connectivity index (χ1n) is 5.58. The quantitative estimate of drug-likeness (QED) is 0.603. The smallest absolute Gasteiger partial charge is 0.334 e. The first-order chi connectivity index (χ1) is 8.70. The maximum atomic E-state index is 11.6. The molecule has 4 nitrogen and oxygen atoms in total. The van der Waals surface area contributed by atoms with E-state index in [1.165, 1.54) is 6.08 Å². The summed E-state index contributed by atoms with van der Waals surface area (Å²) >= 11 is 0. The molecule has 18 heavy (non-hydrogen) atoms. The van der Waals surface area contributed by atoms with Crippen molar-refractivity contribution in [3.63, 3.8) is 0 Å². The number of ether oxygens (including phenoxy) is 2. The number of rotatable bonds is 3. The Morgan fingerprint density at radius 2 is 2.06 bits per heavy atom. The van der Waals surface area contributed by atoms with Gasteiger partial charge in [0.1, 0.15) is 5.76 Å². The lowest BCUT2D eigenvalue weighted by Gasteiger charge is -2.03. The number of benzene rings is 1. The molecule has 0 saturated heterocycles. The van der Waals surface area contributed by atoms with Gasteiger partial charge in [0.05, 0.1) is 12.7 Å². The number of carbonyl (C=O) groups is 2. The van der Waals surface area contributed by atoms with Crippen LogP contribution in [0.15, 0.2) is 48.2 Å². The molecule has 0 aromatic heterocycles. The summed E-state index contributed by atoms with van der Waals surface area (Å²) in [5.41, 5.74) is 0.790. The molecule has 0 N–H and O–H groups in total. The van der Waals surface area contributed by atoms with E-state index >= 15 is 0 Å². The molecule has 0 aliphatic carbocycles. The number of hydrogen-bond acceptors (Lipinski definition) is 4. The topological polar surface area (TPSA) is 52.6 Å². The van der Waals surface area contributed by atoms with Crippen LogP contribution in [0.2, 0.25) is 0 Å². The molecule has 0 spiro atoms. The Morgan fingerprint density at radius 1 is 1.33 bits per heavy atom. The van der Waals surface area contributed by atoms with Crippen molar-refractivity contribution in [3.8, 4) is 0 Å². The molecule has 0 fully saturated rings. The van der Waals surface area contributed by atoms with Crippen LogP contribution in [0.3, 0.4) is 0 Å². The van der Waals surface area contributed by atoms with Crippen LogP contribution in [0.5, 0.6) is 0 Å². The second kappa shape index (κ2) is 5.31. The lowest BCUT2D eigenvalue weighted by molar-refractivity contribution is -0.137. The Balaban J connectivity index is 2.15. The molecule has 0 bridgehead atoms. The van der Waals surface area contributed by atoms with E-state index in [-0.39, 0.29) is 18.1 Å². The minimum atomic E-state index is -0.580. The maximum Gasteiger partial charge on any atom is 0.334 e. The number of ketones is 1. The van der Waals surface area contributed by atoms with Crippen molar-refractivity contribution in [2.24, 2.45) is 0 Å². The average Bonchev–Trinajstić information content (AvgIpc) is 2.72. The molecule has 0 unspecified atom stereocenters. The van der Waals surface area contributed by atoms with Crippen molar-refractivity contribution in [3.05, 3.63) is 53.8 Å². The molecule has 1 aliphatic heterocycles. The largest absolute Gasteiger partial charge is 0.463 e. The Morgan fingerprint density at radius 3 is 2.72 bits per heavy atom. The van der Waals surface area contributed by atoms with Crippen molar-refractivity contribution < 1.29 is 19.1 Å². The average molecular weight is 244 g/mol. The fourth-order valence-corrected chi connectivity index (χ4v) is 1.52. The van der Waals surface area contributed by atoms with E-state index < -0.39 is 5.97 Å². The lowest BCUT2D eigenvalue weighted by atomic mass is 10.2. The molecule has 2 rings (SSSR count). The van der Waals surface area contributed by atoms with E-state index in [0.717, 1.165) is 11.6 Å². The third-order valence-electron chi connectivity index (χ3n) is 2.32. The summed E-state index contributed by atoms with van der Waals surface area (Å²) in [5.74, 6) is -0.478. The first-order valence-corrected chi connectivity index (χ1v) is 5.58. The van der Waals surface area contributed by atoms with Gasteiger partial charge in [-0.1, -0.05) is 30.3 Å². The van der Waals surface area contributed by atoms with Gasteiger partial charge in [0.25, 0.3) is 0 Å².